The maximum Gasteiger partial charge on any atom is 0.433 e. The summed E-state index contributed by atoms with van der Waals surface area (Å²) in [7, 11) is 0. The zero-order chi connectivity index (χ0) is 28.9. The van der Waals surface area contributed by atoms with E-state index >= 15 is 0 Å². The number of amides is 1. The van der Waals surface area contributed by atoms with Gasteiger partial charge in [0.1, 0.15) is 23.8 Å². The molecule has 0 radical (unpaired) electrons. The van der Waals surface area contributed by atoms with Crippen LogP contribution in [-0.4, -0.2) is 54.9 Å². The zero-order valence-corrected chi connectivity index (χ0v) is 22.2. The van der Waals surface area contributed by atoms with E-state index < -0.39 is 23.6 Å². The molecule has 1 fully saturated rings. The van der Waals surface area contributed by atoms with Crippen LogP contribution in [-0.2, 0) is 15.7 Å². The molecule has 1 saturated heterocycles. The summed E-state index contributed by atoms with van der Waals surface area (Å²) in [6.07, 6.45) is -2.18. The first-order valence-electron chi connectivity index (χ1n) is 12.6. The van der Waals surface area contributed by atoms with Gasteiger partial charge in [-0.25, -0.2) is 9.37 Å². The molecule has 3 heterocycles. The summed E-state index contributed by atoms with van der Waals surface area (Å²) < 4.78 is 65.0. The molecule has 0 atom stereocenters. The van der Waals surface area contributed by atoms with Crippen LogP contribution < -0.4 is 10.2 Å². The highest BCUT2D eigenvalue weighted by atomic mass is 19.4. The van der Waals surface area contributed by atoms with Gasteiger partial charge in [-0.1, -0.05) is 5.92 Å². The molecule has 0 aliphatic carbocycles. The molecule has 11 heteroatoms. The Hall–Kier alpha value is -4.01. The number of nitrogens with one attached hydrogen (secondary N) is 1. The van der Waals surface area contributed by atoms with E-state index in [1.807, 2.05) is 19.9 Å². The largest absolute Gasteiger partial charge is 0.433 e. The van der Waals surface area contributed by atoms with Crippen LogP contribution >= 0.6 is 0 Å². The van der Waals surface area contributed by atoms with Gasteiger partial charge in [0.25, 0.3) is 5.91 Å². The maximum absolute atomic E-state index is 14.9. The lowest BCUT2D eigenvalue weighted by atomic mass is 9.99. The Bertz CT molecular complexity index is 1440. The highest BCUT2D eigenvalue weighted by Gasteiger charge is 2.33. The molecule has 2 aromatic heterocycles. The summed E-state index contributed by atoms with van der Waals surface area (Å²) in [5.41, 5.74) is 1.47. The summed E-state index contributed by atoms with van der Waals surface area (Å²) in [5.74, 6) is 4.43. The number of ether oxygens (including phenoxy) is 2. The van der Waals surface area contributed by atoms with Crippen molar-refractivity contribution in [2.45, 2.75) is 33.1 Å². The lowest BCUT2D eigenvalue weighted by Gasteiger charge is -2.29. The second-order valence-corrected chi connectivity index (χ2v) is 9.38. The van der Waals surface area contributed by atoms with E-state index in [1.165, 1.54) is 12.1 Å². The van der Waals surface area contributed by atoms with Crippen molar-refractivity contribution in [2.24, 2.45) is 0 Å². The fraction of sp³-hybridized carbons (Fsp3) is 0.345. The first kappa shape index (κ1) is 29.0. The van der Waals surface area contributed by atoms with E-state index in [0.29, 0.717) is 54.8 Å². The molecule has 1 N–H and O–H groups in total. The second-order valence-electron chi connectivity index (χ2n) is 9.38. The molecule has 3 aromatic rings. The number of aromatic nitrogens is 2. The second kappa shape index (κ2) is 12.4. The molecule has 1 aliphatic heterocycles. The van der Waals surface area contributed by atoms with Crippen molar-refractivity contribution in [1.29, 1.82) is 0 Å². The van der Waals surface area contributed by atoms with Crippen molar-refractivity contribution >= 4 is 17.3 Å². The number of morpholine rings is 1. The van der Waals surface area contributed by atoms with Crippen LogP contribution in [0.4, 0.5) is 28.9 Å². The number of nitrogens with zero attached hydrogens (tertiary/aromatic N) is 3. The summed E-state index contributed by atoms with van der Waals surface area (Å²) in [4.78, 5) is 22.7. The Kier molecular flexibility index (Phi) is 9.02. The molecule has 40 heavy (non-hydrogen) atoms. The number of alkyl halides is 3. The van der Waals surface area contributed by atoms with Crippen molar-refractivity contribution in [3.63, 3.8) is 0 Å². The summed E-state index contributed by atoms with van der Waals surface area (Å²) in [6.45, 7) is 8.18. The third-order valence-corrected chi connectivity index (χ3v) is 6.10. The van der Waals surface area contributed by atoms with Crippen LogP contribution in [0, 0.1) is 24.6 Å². The predicted octanol–water partition coefficient (Wildman–Crippen LogP) is 5.48. The monoisotopic (exact) mass is 556 g/mol. The van der Waals surface area contributed by atoms with E-state index in [1.54, 1.807) is 13.1 Å². The molecule has 0 saturated carbocycles. The normalized spacial score (nSPS) is 13.7. The van der Waals surface area contributed by atoms with Crippen molar-refractivity contribution in [3.8, 4) is 23.0 Å². The smallest absolute Gasteiger partial charge is 0.378 e. The minimum Gasteiger partial charge on any atom is -0.378 e. The van der Waals surface area contributed by atoms with Crippen molar-refractivity contribution in [3.05, 3.63) is 71.1 Å². The van der Waals surface area contributed by atoms with E-state index in [0.717, 1.165) is 18.0 Å². The lowest BCUT2D eigenvalue weighted by molar-refractivity contribution is -0.141. The third kappa shape index (κ3) is 7.14. The van der Waals surface area contributed by atoms with Gasteiger partial charge in [0.15, 0.2) is 0 Å². The van der Waals surface area contributed by atoms with Crippen molar-refractivity contribution in [2.75, 3.05) is 43.1 Å². The van der Waals surface area contributed by atoms with Gasteiger partial charge in [-0.3, -0.25) is 9.78 Å². The zero-order valence-electron chi connectivity index (χ0n) is 22.2. The number of anilines is 2. The number of hydrogen-bond donors (Lipinski definition) is 1. The molecule has 1 aromatic carbocycles. The Morgan fingerprint density at radius 1 is 1.18 bits per heavy atom. The average Bonchev–Trinajstić information content (AvgIpc) is 2.92. The van der Waals surface area contributed by atoms with Crippen LogP contribution in [0.15, 0.2) is 42.7 Å². The van der Waals surface area contributed by atoms with Crippen LogP contribution in [0.3, 0.4) is 0 Å². The first-order chi connectivity index (χ1) is 19.0. The van der Waals surface area contributed by atoms with Gasteiger partial charge in [0.05, 0.1) is 30.7 Å². The number of aryl methyl sites for hydroxylation is 1. The minimum atomic E-state index is -4.72. The standard InChI is InChI=1S/C29H28F4N4O3/c1-18(2)40-10-4-5-24-26(37-8-11-39-12-9-37)14-21(17-35-24)22-16-25(23(30)13-19(22)3)36-28(38)20-6-7-34-27(15-20)29(31,32)33/h6-7,13-18H,8-12H2,1-3H3,(H,36,38). The number of benzene rings is 1. The number of rotatable bonds is 6. The van der Waals surface area contributed by atoms with Crippen molar-refractivity contribution in [1.82, 2.24) is 9.97 Å². The lowest BCUT2D eigenvalue weighted by Crippen LogP contribution is -2.36. The molecule has 1 amide bonds. The molecule has 1 aliphatic rings. The van der Waals surface area contributed by atoms with Gasteiger partial charge >= 0.3 is 6.18 Å². The molecule has 4 rings (SSSR count). The average molecular weight is 557 g/mol. The number of halogens is 4. The van der Waals surface area contributed by atoms with E-state index in [2.05, 4.69) is 32.0 Å². The highest BCUT2D eigenvalue weighted by molar-refractivity contribution is 6.04. The minimum absolute atomic E-state index is 0.0461. The molecular formula is C29H28F4N4O3. The molecule has 7 nitrogen and oxygen atoms in total. The Morgan fingerprint density at radius 2 is 1.93 bits per heavy atom. The van der Waals surface area contributed by atoms with E-state index in [9.17, 15) is 22.4 Å². The first-order valence-corrected chi connectivity index (χ1v) is 12.6. The van der Waals surface area contributed by atoms with Crippen LogP contribution in [0.2, 0.25) is 0 Å². The Labute approximate surface area is 229 Å². The van der Waals surface area contributed by atoms with Crippen LogP contribution in [0.1, 0.15) is 41.2 Å². The number of pyridine rings is 2. The fourth-order valence-corrected chi connectivity index (χ4v) is 4.07. The molecule has 0 bridgehead atoms. The van der Waals surface area contributed by atoms with Gasteiger partial charge < -0.3 is 19.7 Å². The predicted molar refractivity (Wildman–Crippen MR) is 143 cm³/mol. The third-order valence-electron chi connectivity index (χ3n) is 6.10. The Balaban J connectivity index is 1.67. The number of carbonyl (C=O) groups excluding carboxylic acids is 1. The fourth-order valence-electron chi connectivity index (χ4n) is 4.07. The molecule has 210 valence electrons. The van der Waals surface area contributed by atoms with Crippen LogP contribution in [0.5, 0.6) is 0 Å². The number of carbonyl (C=O) groups is 1. The SMILES string of the molecule is Cc1cc(F)c(NC(=O)c2ccnc(C(F)(F)F)c2)cc1-c1cnc(C#CCOC(C)C)c(N2CCOCC2)c1. The topological polar surface area (TPSA) is 76.6 Å². The molecule has 0 spiro atoms. The van der Waals surface area contributed by atoms with E-state index in [-0.39, 0.29) is 24.0 Å². The van der Waals surface area contributed by atoms with Crippen LogP contribution in [0.25, 0.3) is 11.1 Å². The van der Waals surface area contributed by atoms with Gasteiger partial charge in [0.2, 0.25) is 0 Å². The molecule has 0 unspecified atom stereocenters. The van der Waals surface area contributed by atoms with Gasteiger partial charge in [-0.2, -0.15) is 13.2 Å². The van der Waals surface area contributed by atoms with Gasteiger partial charge in [-0.05, 0) is 68.2 Å². The Morgan fingerprint density at radius 3 is 2.62 bits per heavy atom. The summed E-state index contributed by atoms with van der Waals surface area (Å²) >= 11 is 0. The van der Waals surface area contributed by atoms with Gasteiger partial charge in [0, 0.05) is 36.6 Å². The summed E-state index contributed by atoms with van der Waals surface area (Å²) in [6, 6.07) is 6.34. The van der Waals surface area contributed by atoms with E-state index in [4.69, 9.17) is 9.47 Å². The summed E-state index contributed by atoms with van der Waals surface area (Å²) in [5, 5.41) is 2.38. The van der Waals surface area contributed by atoms with Gasteiger partial charge in [-0.15, -0.1) is 0 Å². The maximum atomic E-state index is 14.9. The number of hydrogen-bond acceptors (Lipinski definition) is 6. The quantitative estimate of drug-likeness (QED) is 0.320. The molecular weight excluding hydrogens is 528 g/mol. The highest BCUT2D eigenvalue weighted by Crippen LogP contribution is 2.33. The van der Waals surface area contributed by atoms with Crippen molar-refractivity contribution < 1.29 is 31.8 Å².